The standard InChI is InChI=1S/C36H58O3/c1-18-25(38)39-27-23(19-20-24(37)26(27)31(3,4)5)21-36(17)29(33(9,10)11)22(2)28(32(6,7)8)35(15,16)30(36)34(12,13)14/h18-20,29-30,37H,1,21H2,2-17H3. The van der Waals surface area contributed by atoms with Gasteiger partial charge in [0.25, 0.3) is 0 Å². The summed E-state index contributed by atoms with van der Waals surface area (Å²) in [6.07, 6.45) is 1.92. The van der Waals surface area contributed by atoms with Crippen LogP contribution >= 0.6 is 0 Å². The van der Waals surface area contributed by atoms with E-state index < -0.39 is 11.4 Å². The number of rotatable bonds is 4. The molecule has 0 aliphatic heterocycles. The molecule has 0 fully saturated rings. The molecule has 0 heterocycles. The fourth-order valence-corrected chi connectivity index (χ4v) is 9.90. The van der Waals surface area contributed by atoms with Crippen LogP contribution in [0.2, 0.25) is 0 Å². The van der Waals surface area contributed by atoms with Crippen LogP contribution in [0.1, 0.15) is 122 Å². The zero-order chi connectivity index (χ0) is 30.7. The maximum absolute atomic E-state index is 12.6. The molecule has 3 heteroatoms. The minimum absolute atomic E-state index is 0.000677. The summed E-state index contributed by atoms with van der Waals surface area (Å²) in [5.74, 6) is 0.723. The Hall–Kier alpha value is -2.03. The molecule has 3 nitrogen and oxygen atoms in total. The molecule has 220 valence electrons. The van der Waals surface area contributed by atoms with Crippen molar-refractivity contribution >= 4 is 5.97 Å². The molecular weight excluding hydrogens is 480 g/mol. The first-order valence-electron chi connectivity index (χ1n) is 14.6. The van der Waals surface area contributed by atoms with E-state index in [1.807, 2.05) is 26.8 Å². The Kier molecular flexibility index (Phi) is 8.60. The average Bonchev–Trinajstić information content (AvgIpc) is 2.64. The Morgan fingerprint density at radius 2 is 1.44 bits per heavy atom. The normalized spacial score (nSPS) is 24.5. The molecule has 1 N–H and O–H groups in total. The van der Waals surface area contributed by atoms with E-state index in [0.29, 0.717) is 17.2 Å². The molecule has 1 aliphatic carbocycles. The Balaban J connectivity index is 3.08. The number of aromatic hydroxyl groups is 1. The number of hydrogen-bond acceptors (Lipinski definition) is 3. The maximum Gasteiger partial charge on any atom is 0.335 e. The molecule has 3 atom stereocenters. The number of allylic oxidation sites excluding steroid dienone is 2. The SMILES string of the molecule is C=CC(=O)Oc1c(CC2(C)C(C(C)(C)C)C(C)=C(C(C)(C)C)C(C)(C)C2C(C)(C)C)ccc(O)c1C(C)(C)C. The minimum atomic E-state index is -0.507. The molecule has 1 aromatic carbocycles. The summed E-state index contributed by atoms with van der Waals surface area (Å²) in [7, 11) is 0. The van der Waals surface area contributed by atoms with Crippen molar-refractivity contribution in [1.29, 1.82) is 0 Å². The third-order valence-electron chi connectivity index (χ3n) is 8.90. The first-order valence-corrected chi connectivity index (χ1v) is 14.6. The van der Waals surface area contributed by atoms with Crippen molar-refractivity contribution in [1.82, 2.24) is 0 Å². The van der Waals surface area contributed by atoms with Gasteiger partial charge in [-0.05, 0) is 69.3 Å². The lowest BCUT2D eigenvalue weighted by molar-refractivity contribution is -0.129. The molecule has 0 saturated heterocycles. The van der Waals surface area contributed by atoms with Gasteiger partial charge in [0.05, 0.1) is 0 Å². The first-order chi connectivity index (χ1) is 17.2. The number of esters is 1. The quantitative estimate of drug-likeness (QED) is 0.179. The first kappa shape index (κ1) is 33.2. The third kappa shape index (κ3) is 6.18. The largest absolute Gasteiger partial charge is 0.508 e. The van der Waals surface area contributed by atoms with Crippen molar-refractivity contribution in [2.75, 3.05) is 0 Å². The summed E-state index contributed by atoms with van der Waals surface area (Å²) in [5.41, 5.74) is 4.03. The van der Waals surface area contributed by atoms with Gasteiger partial charge >= 0.3 is 5.97 Å². The van der Waals surface area contributed by atoms with Crippen LogP contribution in [-0.4, -0.2) is 11.1 Å². The van der Waals surface area contributed by atoms with Gasteiger partial charge in [-0.3, -0.25) is 0 Å². The second kappa shape index (κ2) is 10.1. The Morgan fingerprint density at radius 1 is 0.923 bits per heavy atom. The van der Waals surface area contributed by atoms with Gasteiger partial charge in [0.2, 0.25) is 0 Å². The fourth-order valence-electron chi connectivity index (χ4n) is 9.90. The topological polar surface area (TPSA) is 46.5 Å². The Bertz CT molecular complexity index is 1140. The third-order valence-corrected chi connectivity index (χ3v) is 8.90. The van der Waals surface area contributed by atoms with E-state index in [0.717, 1.165) is 12.0 Å². The number of phenols is 1. The molecule has 0 saturated carbocycles. The van der Waals surface area contributed by atoms with Gasteiger partial charge in [0, 0.05) is 11.6 Å². The molecule has 1 aliphatic rings. The van der Waals surface area contributed by atoms with Crippen LogP contribution in [0.5, 0.6) is 11.5 Å². The molecule has 0 bridgehead atoms. The van der Waals surface area contributed by atoms with Crippen molar-refractivity contribution in [2.24, 2.45) is 38.9 Å². The number of benzene rings is 1. The number of carbonyl (C=O) groups is 1. The Morgan fingerprint density at radius 3 is 1.82 bits per heavy atom. The molecule has 0 amide bonds. The number of hydrogen-bond donors (Lipinski definition) is 1. The van der Waals surface area contributed by atoms with Crippen molar-refractivity contribution in [2.45, 2.75) is 123 Å². The van der Waals surface area contributed by atoms with Gasteiger partial charge in [-0.25, -0.2) is 4.79 Å². The number of phenolic OH excluding ortho intramolecular Hbond substituents is 1. The summed E-state index contributed by atoms with van der Waals surface area (Å²) in [5, 5.41) is 11.0. The highest BCUT2D eigenvalue weighted by atomic mass is 16.5. The summed E-state index contributed by atoms with van der Waals surface area (Å²) < 4.78 is 5.99. The van der Waals surface area contributed by atoms with Crippen LogP contribution in [0.15, 0.2) is 35.9 Å². The summed E-state index contributed by atoms with van der Waals surface area (Å²) >= 11 is 0. The highest BCUT2D eigenvalue weighted by Gasteiger charge is 2.61. The van der Waals surface area contributed by atoms with Crippen molar-refractivity contribution in [3.8, 4) is 11.5 Å². The molecule has 0 aromatic heterocycles. The smallest absolute Gasteiger partial charge is 0.335 e. The van der Waals surface area contributed by atoms with E-state index in [1.54, 1.807) is 11.6 Å². The molecule has 3 unspecified atom stereocenters. The second-order valence-corrected chi connectivity index (χ2v) is 17.1. The van der Waals surface area contributed by atoms with Crippen LogP contribution in [0.4, 0.5) is 0 Å². The van der Waals surface area contributed by atoms with E-state index in [9.17, 15) is 9.90 Å². The minimum Gasteiger partial charge on any atom is -0.508 e. The van der Waals surface area contributed by atoms with E-state index in [-0.39, 0.29) is 38.7 Å². The maximum atomic E-state index is 12.6. The molecule has 2 rings (SSSR count). The monoisotopic (exact) mass is 538 g/mol. The highest BCUT2D eigenvalue weighted by molar-refractivity contribution is 5.84. The van der Waals surface area contributed by atoms with Crippen molar-refractivity contribution in [3.63, 3.8) is 0 Å². The van der Waals surface area contributed by atoms with E-state index in [4.69, 9.17) is 4.74 Å². The van der Waals surface area contributed by atoms with Gasteiger partial charge in [-0.15, -0.1) is 0 Å². The van der Waals surface area contributed by atoms with Crippen LogP contribution in [0.25, 0.3) is 0 Å². The van der Waals surface area contributed by atoms with Crippen molar-refractivity contribution < 1.29 is 14.6 Å². The zero-order valence-corrected chi connectivity index (χ0v) is 28.1. The average molecular weight is 539 g/mol. The molecule has 1 aromatic rings. The zero-order valence-electron chi connectivity index (χ0n) is 28.1. The lowest BCUT2D eigenvalue weighted by Gasteiger charge is -2.65. The Labute approximate surface area is 240 Å². The van der Waals surface area contributed by atoms with E-state index in [2.05, 4.69) is 96.6 Å². The summed E-state index contributed by atoms with van der Waals surface area (Å²) in [6, 6.07) is 3.74. The summed E-state index contributed by atoms with van der Waals surface area (Å²) in [6.45, 7) is 40.8. The highest BCUT2D eigenvalue weighted by Crippen LogP contribution is 2.68. The predicted molar refractivity (Wildman–Crippen MR) is 166 cm³/mol. The van der Waals surface area contributed by atoms with Gasteiger partial charge in [-0.2, -0.15) is 0 Å². The van der Waals surface area contributed by atoms with Crippen molar-refractivity contribution in [3.05, 3.63) is 47.1 Å². The van der Waals surface area contributed by atoms with Gasteiger partial charge in [0.15, 0.2) is 0 Å². The molecular formula is C36H58O3. The summed E-state index contributed by atoms with van der Waals surface area (Å²) in [4.78, 5) is 12.6. The number of carbonyl (C=O) groups excluding carboxylic acids is 1. The van der Waals surface area contributed by atoms with Crippen LogP contribution in [0, 0.1) is 38.9 Å². The molecule has 0 radical (unpaired) electrons. The fraction of sp³-hybridized carbons (Fsp3) is 0.694. The second-order valence-electron chi connectivity index (χ2n) is 17.1. The molecule has 39 heavy (non-hydrogen) atoms. The van der Waals surface area contributed by atoms with Gasteiger partial charge in [-0.1, -0.05) is 128 Å². The number of ether oxygens (including phenoxy) is 1. The van der Waals surface area contributed by atoms with Crippen LogP contribution < -0.4 is 4.74 Å². The molecule has 0 spiro atoms. The van der Waals surface area contributed by atoms with E-state index >= 15 is 0 Å². The lowest BCUT2D eigenvalue weighted by atomic mass is 9.39. The predicted octanol–water partition coefficient (Wildman–Crippen LogP) is 10.1. The van der Waals surface area contributed by atoms with Gasteiger partial charge in [0.1, 0.15) is 11.5 Å². The van der Waals surface area contributed by atoms with Crippen LogP contribution in [0.3, 0.4) is 0 Å². The van der Waals surface area contributed by atoms with Gasteiger partial charge < -0.3 is 9.84 Å². The van der Waals surface area contributed by atoms with Crippen LogP contribution in [-0.2, 0) is 16.6 Å². The lowest BCUT2D eigenvalue weighted by Crippen LogP contribution is -2.58. The van der Waals surface area contributed by atoms with E-state index in [1.165, 1.54) is 11.6 Å².